The summed E-state index contributed by atoms with van der Waals surface area (Å²) in [7, 11) is 0. The third-order valence-corrected chi connectivity index (χ3v) is 4.41. The first-order chi connectivity index (χ1) is 8.15. The van der Waals surface area contributed by atoms with E-state index in [1.165, 1.54) is 0 Å². The van der Waals surface area contributed by atoms with E-state index in [1.54, 1.807) is 17.5 Å². The van der Waals surface area contributed by atoms with Gasteiger partial charge in [-0.3, -0.25) is 0 Å². The third kappa shape index (κ3) is 2.36. The normalized spacial score (nSPS) is 12.9. The predicted octanol–water partition coefficient (Wildman–Crippen LogP) is 2.76. The summed E-state index contributed by atoms with van der Waals surface area (Å²) in [5.74, 6) is 0. The van der Waals surface area contributed by atoms with E-state index < -0.39 is 0 Å². The van der Waals surface area contributed by atoms with Crippen LogP contribution in [0.15, 0.2) is 11.6 Å². The third-order valence-electron chi connectivity index (χ3n) is 2.61. The Morgan fingerprint density at radius 2 is 2.35 bits per heavy atom. The summed E-state index contributed by atoms with van der Waals surface area (Å²) in [6.07, 6.45) is 2.71. The van der Waals surface area contributed by atoms with Crippen molar-refractivity contribution in [1.29, 1.82) is 0 Å². The van der Waals surface area contributed by atoms with Gasteiger partial charge >= 0.3 is 0 Å². The molecule has 2 N–H and O–H groups in total. The number of nitrogens with two attached hydrogens (primary N) is 1. The van der Waals surface area contributed by atoms with Crippen LogP contribution in [0.4, 0.5) is 0 Å². The first-order valence-electron chi connectivity index (χ1n) is 5.52. The average molecular weight is 271 g/mol. The number of nitrogens with zero attached hydrogens (tertiary/aromatic N) is 3. The van der Waals surface area contributed by atoms with E-state index in [4.69, 9.17) is 17.3 Å². The van der Waals surface area contributed by atoms with E-state index in [0.717, 1.165) is 34.1 Å². The highest BCUT2D eigenvalue weighted by atomic mass is 35.5. The Kier molecular flexibility index (Phi) is 3.81. The fourth-order valence-corrected chi connectivity index (χ4v) is 3.01. The monoisotopic (exact) mass is 270 g/mol. The number of halogens is 1. The molecule has 92 valence electrons. The lowest BCUT2D eigenvalue weighted by atomic mass is 10.1. The van der Waals surface area contributed by atoms with Crippen LogP contribution in [-0.4, -0.2) is 15.0 Å². The molecule has 1 unspecified atom stereocenters. The lowest BCUT2D eigenvalue weighted by Gasteiger charge is -2.12. The Hall–Kier alpha value is -0.910. The van der Waals surface area contributed by atoms with Gasteiger partial charge in [-0.15, -0.1) is 16.4 Å². The second-order valence-electron chi connectivity index (χ2n) is 3.96. The van der Waals surface area contributed by atoms with Crippen molar-refractivity contribution in [2.24, 2.45) is 5.73 Å². The molecular weight excluding hydrogens is 256 g/mol. The van der Waals surface area contributed by atoms with Gasteiger partial charge in [0.25, 0.3) is 0 Å². The molecule has 1 atom stereocenters. The van der Waals surface area contributed by atoms with Crippen LogP contribution in [0.1, 0.15) is 35.5 Å². The number of hydrogen-bond acceptors (Lipinski definition) is 4. The van der Waals surface area contributed by atoms with Crippen LogP contribution in [0.3, 0.4) is 0 Å². The number of aryl methyl sites for hydroxylation is 2. The van der Waals surface area contributed by atoms with Gasteiger partial charge in [0.05, 0.1) is 23.0 Å². The molecule has 2 aromatic rings. The summed E-state index contributed by atoms with van der Waals surface area (Å²) in [6.45, 7) is 4.90. The van der Waals surface area contributed by atoms with Crippen LogP contribution in [0.5, 0.6) is 0 Å². The van der Waals surface area contributed by atoms with Crippen molar-refractivity contribution >= 4 is 22.9 Å². The largest absolute Gasteiger partial charge is 0.318 e. The van der Waals surface area contributed by atoms with Gasteiger partial charge in [-0.2, -0.15) is 0 Å². The molecule has 2 heterocycles. The first-order valence-corrected chi connectivity index (χ1v) is 6.78. The minimum atomic E-state index is -0.247. The van der Waals surface area contributed by atoms with Crippen molar-refractivity contribution in [3.8, 4) is 0 Å². The molecule has 0 aliphatic heterocycles. The van der Waals surface area contributed by atoms with Gasteiger partial charge in [-0.05, 0) is 24.3 Å². The summed E-state index contributed by atoms with van der Waals surface area (Å²) < 4.78 is 1.84. The van der Waals surface area contributed by atoms with Crippen molar-refractivity contribution in [3.05, 3.63) is 32.7 Å². The van der Waals surface area contributed by atoms with Gasteiger partial charge < -0.3 is 5.73 Å². The molecule has 0 saturated carbocycles. The van der Waals surface area contributed by atoms with E-state index in [0.29, 0.717) is 0 Å². The molecule has 0 spiro atoms. The highest BCUT2D eigenvalue weighted by Gasteiger charge is 2.19. The Morgan fingerprint density at radius 3 is 2.94 bits per heavy atom. The Bertz CT molecular complexity index is 505. The van der Waals surface area contributed by atoms with Gasteiger partial charge in [0, 0.05) is 11.4 Å². The van der Waals surface area contributed by atoms with E-state index in [-0.39, 0.29) is 6.04 Å². The van der Waals surface area contributed by atoms with Crippen LogP contribution < -0.4 is 5.73 Å². The molecule has 0 radical (unpaired) electrons. The minimum Gasteiger partial charge on any atom is -0.318 e. The van der Waals surface area contributed by atoms with Crippen molar-refractivity contribution < 1.29 is 0 Å². The fourth-order valence-electron chi connectivity index (χ4n) is 1.69. The smallest absolute Gasteiger partial charge is 0.0848 e. The maximum atomic E-state index is 6.23. The van der Waals surface area contributed by atoms with Crippen molar-refractivity contribution in [2.75, 3.05) is 0 Å². The summed E-state index contributed by atoms with van der Waals surface area (Å²) in [5.41, 5.74) is 8.21. The van der Waals surface area contributed by atoms with Gasteiger partial charge in [0.2, 0.25) is 0 Å². The zero-order valence-electron chi connectivity index (χ0n) is 9.85. The van der Waals surface area contributed by atoms with Gasteiger partial charge in [0.1, 0.15) is 0 Å². The molecule has 17 heavy (non-hydrogen) atoms. The summed E-state index contributed by atoms with van der Waals surface area (Å²) in [4.78, 5) is 0.976. The van der Waals surface area contributed by atoms with Crippen molar-refractivity contribution in [3.63, 3.8) is 0 Å². The maximum Gasteiger partial charge on any atom is 0.0848 e. The molecule has 0 aliphatic rings. The molecule has 2 aromatic heterocycles. The molecule has 0 bridgehead atoms. The quantitative estimate of drug-likeness (QED) is 0.929. The molecule has 4 nitrogen and oxygen atoms in total. The molecule has 0 aromatic carbocycles. The number of thiophene rings is 1. The van der Waals surface area contributed by atoms with Crippen LogP contribution in [0.25, 0.3) is 0 Å². The van der Waals surface area contributed by atoms with Crippen LogP contribution in [-0.2, 0) is 6.54 Å². The average Bonchev–Trinajstić information content (AvgIpc) is 2.88. The zero-order valence-corrected chi connectivity index (χ0v) is 11.4. The SMILES string of the molecule is CCCn1nncc1C(N)c1scc(C)c1Cl. The zero-order chi connectivity index (χ0) is 12.4. The summed E-state index contributed by atoms with van der Waals surface area (Å²) >= 11 is 7.81. The first kappa shape index (κ1) is 12.5. The van der Waals surface area contributed by atoms with Crippen LogP contribution in [0, 0.1) is 6.92 Å². The van der Waals surface area contributed by atoms with E-state index in [2.05, 4.69) is 17.2 Å². The van der Waals surface area contributed by atoms with Crippen LogP contribution in [0.2, 0.25) is 5.02 Å². The van der Waals surface area contributed by atoms with E-state index in [1.807, 2.05) is 17.0 Å². The Labute approximate surface area is 109 Å². The van der Waals surface area contributed by atoms with Crippen LogP contribution >= 0.6 is 22.9 Å². The number of rotatable bonds is 4. The van der Waals surface area contributed by atoms with Gasteiger partial charge in [-0.1, -0.05) is 23.7 Å². The Balaban J connectivity index is 2.33. The second kappa shape index (κ2) is 5.16. The molecule has 0 fully saturated rings. The number of hydrogen-bond donors (Lipinski definition) is 1. The minimum absolute atomic E-state index is 0.247. The Morgan fingerprint density at radius 1 is 1.59 bits per heavy atom. The van der Waals surface area contributed by atoms with E-state index >= 15 is 0 Å². The predicted molar refractivity (Wildman–Crippen MR) is 70.4 cm³/mol. The molecule has 0 amide bonds. The summed E-state index contributed by atoms with van der Waals surface area (Å²) in [5, 5.41) is 10.7. The molecule has 0 saturated heterocycles. The lowest BCUT2D eigenvalue weighted by Crippen LogP contribution is -2.17. The second-order valence-corrected chi connectivity index (χ2v) is 5.25. The lowest BCUT2D eigenvalue weighted by molar-refractivity contribution is 0.545. The van der Waals surface area contributed by atoms with Gasteiger partial charge in [-0.25, -0.2) is 4.68 Å². The number of aromatic nitrogens is 3. The highest BCUT2D eigenvalue weighted by Crippen LogP contribution is 2.34. The molecule has 0 aliphatic carbocycles. The molecular formula is C11H15ClN4S. The molecule has 6 heteroatoms. The van der Waals surface area contributed by atoms with Crippen molar-refractivity contribution in [2.45, 2.75) is 32.9 Å². The topological polar surface area (TPSA) is 56.7 Å². The maximum absolute atomic E-state index is 6.23. The molecule has 2 rings (SSSR count). The standard InChI is InChI=1S/C11H15ClN4S/c1-3-4-16-8(5-14-15-16)10(13)11-9(12)7(2)6-17-11/h5-6,10H,3-4,13H2,1-2H3. The summed E-state index contributed by atoms with van der Waals surface area (Å²) in [6, 6.07) is -0.247. The van der Waals surface area contributed by atoms with Crippen molar-refractivity contribution in [1.82, 2.24) is 15.0 Å². The van der Waals surface area contributed by atoms with E-state index in [9.17, 15) is 0 Å². The van der Waals surface area contributed by atoms with Gasteiger partial charge in [0.15, 0.2) is 0 Å². The fraction of sp³-hybridized carbons (Fsp3) is 0.455. The highest BCUT2D eigenvalue weighted by molar-refractivity contribution is 7.10.